The molecule has 0 aliphatic rings. The minimum atomic E-state index is 0.649. The standard InChI is InChI=1S/C10H12Br2N2S/c1-2-5-13-10(15)14-9-6-7(11)3-4-8(9)12/h3-4,6H,2,5H2,1H3,(H2,13,14,15). The number of halogens is 2. The highest BCUT2D eigenvalue weighted by atomic mass is 79.9. The van der Waals surface area contributed by atoms with Crippen LogP contribution >= 0.6 is 44.1 Å². The molecule has 5 heteroatoms. The maximum absolute atomic E-state index is 5.15. The topological polar surface area (TPSA) is 24.1 Å². The van der Waals surface area contributed by atoms with Crippen molar-refractivity contribution >= 4 is 54.9 Å². The molecular weight excluding hydrogens is 340 g/mol. The van der Waals surface area contributed by atoms with Gasteiger partial charge in [-0.25, -0.2) is 0 Å². The Labute approximate surface area is 112 Å². The van der Waals surface area contributed by atoms with E-state index >= 15 is 0 Å². The molecule has 2 nitrogen and oxygen atoms in total. The number of nitrogens with one attached hydrogen (secondary N) is 2. The molecule has 0 saturated carbocycles. The molecular formula is C10H12Br2N2S. The number of rotatable bonds is 3. The molecule has 15 heavy (non-hydrogen) atoms. The van der Waals surface area contributed by atoms with E-state index in [0.717, 1.165) is 27.6 Å². The summed E-state index contributed by atoms with van der Waals surface area (Å²) in [5.74, 6) is 0. The second-order valence-electron chi connectivity index (χ2n) is 3.01. The largest absolute Gasteiger partial charge is 0.362 e. The molecule has 0 aromatic heterocycles. The van der Waals surface area contributed by atoms with Gasteiger partial charge in [0, 0.05) is 15.5 Å². The molecule has 1 rings (SSSR count). The molecule has 0 radical (unpaired) electrons. The van der Waals surface area contributed by atoms with Crippen molar-refractivity contribution in [3.8, 4) is 0 Å². The first-order valence-corrected chi connectivity index (χ1v) is 6.63. The summed E-state index contributed by atoms with van der Waals surface area (Å²) >= 11 is 12.0. The van der Waals surface area contributed by atoms with Crippen LogP contribution < -0.4 is 10.6 Å². The smallest absolute Gasteiger partial charge is 0.170 e. The van der Waals surface area contributed by atoms with Crippen LogP contribution in [0, 0.1) is 0 Å². The Hall–Kier alpha value is -0.130. The number of hydrogen-bond acceptors (Lipinski definition) is 1. The third kappa shape index (κ3) is 4.49. The first-order valence-electron chi connectivity index (χ1n) is 4.63. The van der Waals surface area contributed by atoms with E-state index in [1.807, 2.05) is 18.2 Å². The molecule has 1 aromatic rings. The summed E-state index contributed by atoms with van der Waals surface area (Å²) < 4.78 is 2.01. The first kappa shape index (κ1) is 12.9. The third-order valence-electron chi connectivity index (χ3n) is 1.71. The Kier molecular flexibility index (Phi) is 5.56. The van der Waals surface area contributed by atoms with Crippen molar-refractivity contribution < 1.29 is 0 Å². The molecule has 0 aliphatic heterocycles. The van der Waals surface area contributed by atoms with Crippen LogP contribution in [0.5, 0.6) is 0 Å². The normalized spacial score (nSPS) is 9.80. The van der Waals surface area contributed by atoms with Gasteiger partial charge in [0.25, 0.3) is 0 Å². The molecule has 0 unspecified atom stereocenters. The SMILES string of the molecule is CCCNC(=S)Nc1cc(Br)ccc1Br. The molecule has 1 aromatic carbocycles. The Morgan fingerprint density at radius 2 is 2.13 bits per heavy atom. The summed E-state index contributed by atoms with van der Waals surface area (Å²) in [6.45, 7) is 2.99. The maximum Gasteiger partial charge on any atom is 0.170 e. The highest BCUT2D eigenvalue weighted by molar-refractivity contribution is 9.11. The van der Waals surface area contributed by atoms with Gasteiger partial charge in [0.2, 0.25) is 0 Å². The number of hydrogen-bond donors (Lipinski definition) is 2. The minimum Gasteiger partial charge on any atom is -0.362 e. The average molecular weight is 352 g/mol. The van der Waals surface area contributed by atoms with E-state index in [-0.39, 0.29) is 0 Å². The Balaban J connectivity index is 2.63. The van der Waals surface area contributed by atoms with Crippen molar-refractivity contribution in [2.75, 3.05) is 11.9 Å². The van der Waals surface area contributed by atoms with Crippen LogP contribution in [0.1, 0.15) is 13.3 Å². The van der Waals surface area contributed by atoms with Crippen LogP contribution in [-0.4, -0.2) is 11.7 Å². The summed E-state index contributed by atoms with van der Waals surface area (Å²) in [6, 6.07) is 5.91. The van der Waals surface area contributed by atoms with Gasteiger partial charge in [0.15, 0.2) is 5.11 Å². The molecule has 0 saturated heterocycles. The van der Waals surface area contributed by atoms with E-state index in [1.54, 1.807) is 0 Å². The molecule has 0 fully saturated rings. The quantitative estimate of drug-likeness (QED) is 0.807. The van der Waals surface area contributed by atoms with Gasteiger partial charge in [0.1, 0.15) is 0 Å². The minimum absolute atomic E-state index is 0.649. The lowest BCUT2D eigenvalue weighted by Gasteiger charge is -2.11. The summed E-state index contributed by atoms with van der Waals surface area (Å²) in [7, 11) is 0. The molecule has 2 N–H and O–H groups in total. The zero-order chi connectivity index (χ0) is 11.3. The van der Waals surface area contributed by atoms with Gasteiger partial charge >= 0.3 is 0 Å². The van der Waals surface area contributed by atoms with Crippen LogP contribution in [0.3, 0.4) is 0 Å². The number of thiocarbonyl (C=S) groups is 1. The summed E-state index contributed by atoms with van der Waals surface area (Å²) in [5.41, 5.74) is 0.956. The van der Waals surface area contributed by atoms with Gasteiger partial charge in [-0.2, -0.15) is 0 Å². The van der Waals surface area contributed by atoms with Crippen molar-refractivity contribution in [2.24, 2.45) is 0 Å². The Morgan fingerprint density at radius 3 is 2.80 bits per heavy atom. The maximum atomic E-state index is 5.15. The molecule has 0 amide bonds. The van der Waals surface area contributed by atoms with Gasteiger partial charge in [0.05, 0.1) is 5.69 Å². The molecule has 0 bridgehead atoms. The van der Waals surface area contributed by atoms with Crippen LogP contribution in [0.15, 0.2) is 27.1 Å². The lowest BCUT2D eigenvalue weighted by Crippen LogP contribution is -2.29. The zero-order valence-electron chi connectivity index (χ0n) is 8.31. The van der Waals surface area contributed by atoms with Crippen molar-refractivity contribution in [2.45, 2.75) is 13.3 Å². The highest BCUT2D eigenvalue weighted by Gasteiger charge is 2.02. The van der Waals surface area contributed by atoms with E-state index in [4.69, 9.17) is 12.2 Å². The van der Waals surface area contributed by atoms with Crippen molar-refractivity contribution in [3.63, 3.8) is 0 Å². The van der Waals surface area contributed by atoms with Crippen LogP contribution in [0.2, 0.25) is 0 Å². The van der Waals surface area contributed by atoms with E-state index in [1.165, 1.54) is 0 Å². The number of benzene rings is 1. The van der Waals surface area contributed by atoms with Gasteiger partial charge in [-0.05, 0) is 52.8 Å². The Bertz CT molecular complexity index is 355. The number of anilines is 1. The molecule has 0 atom stereocenters. The van der Waals surface area contributed by atoms with Crippen LogP contribution in [0.4, 0.5) is 5.69 Å². The monoisotopic (exact) mass is 350 g/mol. The predicted octanol–water partition coefficient (Wildman–Crippen LogP) is 3.91. The fourth-order valence-electron chi connectivity index (χ4n) is 0.998. The molecule has 82 valence electrons. The molecule has 0 aliphatic carbocycles. The van der Waals surface area contributed by atoms with Crippen molar-refractivity contribution in [1.29, 1.82) is 0 Å². The molecule has 0 spiro atoms. The average Bonchev–Trinajstić information content (AvgIpc) is 2.20. The van der Waals surface area contributed by atoms with Crippen LogP contribution in [0.25, 0.3) is 0 Å². The van der Waals surface area contributed by atoms with Crippen molar-refractivity contribution in [1.82, 2.24) is 5.32 Å². The van der Waals surface area contributed by atoms with Gasteiger partial charge in [-0.3, -0.25) is 0 Å². The first-order chi connectivity index (χ1) is 7.13. The van der Waals surface area contributed by atoms with Crippen LogP contribution in [-0.2, 0) is 0 Å². The van der Waals surface area contributed by atoms with Crippen molar-refractivity contribution in [3.05, 3.63) is 27.1 Å². The fourth-order valence-corrected chi connectivity index (χ4v) is 1.92. The summed E-state index contributed by atoms with van der Waals surface area (Å²) in [4.78, 5) is 0. The summed E-state index contributed by atoms with van der Waals surface area (Å²) in [5, 5.41) is 6.89. The lowest BCUT2D eigenvalue weighted by molar-refractivity contribution is 0.846. The molecule has 0 heterocycles. The van der Waals surface area contributed by atoms with E-state index < -0.39 is 0 Å². The van der Waals surface area contributed by atoms with E-state index in [0.29, 0.717) is 5.11 Å². The Morgan fingerprint density at radius 1 is 1.40 bits per heavy atom. The van der Waals surface area contributed by atoms with E-state index in [9.17, 15) is 0 Å². The van der Waals surface area contributed by atoms with E-state index in [2.05, 4.69) is 49.4 Å². The second kappa shape index (κ2) is 6.45. The fraction of sp³-hybridized carbons (Fsp3) is 0.300. The van der Waals surface area contributed by atoms with Gasteiger partial charge in [-0.15, -0.1) is 0 Å². The van der Waals surface area contributed by atoms with Gasteiger partial charge < -0.3 is 10.6 Å². The third-order valence-corrected chi connectivity index (χ3v) is 3.14. The predicted molar refractivity (Wildman–Crippen MR) is 76.4 cm³/mol. The van der Waals surface area contributed by atoms with Gasteiger partial charge in [-0.1, -0.05) is 22.9 Å². The second-order valence-corrected chi connectivity index (χ2v) is 5.18. The highest BCUT2D eigenvalue weighted by Crippen LogP contribution is 2.25. The summed E-state index contributed by atoms with van der Waals surface area (Å²) in [6.07, 6.45) is 1.06. The lowest BCUT2D eigenvalue weighted by atomic mass is 10.3. The zero-order valence-corrected chi connectivity index (χ0v) is 12.3.